The largest absolute Gasteiger partial charge is 0.446 e. The number of thioether (sulfide) groups is 1. The second-order valence-corrected chi connectivity index (χ2v) is 5.03. The summed E-state index contributed by atoms with van der Waals surface area (Å²) in [6.45, 7) is 0. The highest BCUT2D eigenvalue weighted by Gasteiger charge is 2.30. The average molecular weight is 314 g/mol. The standard InChI is InChI=1S/C13H9F3N2O2S/c14-13(15,16)21-10-6-2-1-4-8(10)18-12(20)9-5-3-7-11(19)17-9/h1-7H,(H,17,19)(H,18,20). The first kappa shape index (κ1) is 15.2. The van der Waals surface area contributed by atoms with E-state index in [0.717, 1.165) is 0 Å². The van der Waals surface area contributed by atoms with E-state index >= 15 is 0 Å². The molecule has 0 saturated heterocycles. The molecule has 0 atom stereocenters. The van der Waals surface area contributed by atoms with Gasteiger partial charge in [-0.05, 0) is 30.0 Å². The van der Waals surface area contributed by atoms with Crippen LogP contribution in [0.1, 0.15) is 10.5 Å². The number of pyridine rings is 1. The second-order valence-electron chi connectivity index (χ2n) is 3.93. The van der Waals surface area contributed by atoms with Gasteiger partial charge in [-0.2, -0.15) is 13.2 Å². The molecule has 0 spiro atoms. The maximum atomic E-state index is 12.4. The van der Waals surface area contributed by atoms with Gasteiger partial charge in [0.1, 0.15) is 5.69 Å². The lowest BCUT2D eigenvalue weighted by Gasteiger charge is -2.12. The van der Waals surface area contributed by atoms with Crippen molar-refractivity contribution < 1.29 is 18.0 Å². The van der Waals surface area contributed by atoms with Gasteiger partial charge < -0.3 is 10.3 Å². The van der Waals surface area contributed by atoms with E-state index in [1.807, 2.05) is 0 Å². The van der Waals surface area contributed by atoms with Crippen LogP contribution in [-0.2, 0) is 0 Å². The predicted molar refractivity (Wildman–Crippen MR) is 73.4 cm³/mol. The Bertz CT molecular complexity index is 713. The minimum absolute atomic E-state index is 0.0227. The molecule has 2 rings (SSSR count). The molecule has 0 saturated carbocycles. The first-order valence-electron chi connectivity index (χ1n) is 5.70. The van der Waals surface area contributed by atoms with Crippen LogP contribution in [-0.4, -0.2) is 16.4 Å². The fraction of sp³-hybridized carbons (Fsp3) is 0.0769. The topological polar surface area (TPSA) is 62.0 Å². The Kier molecular flexibility index (Phi) is 4.37. The van der Waals surface area contributed by atoms with Gasteiger partial charge in [0.15, 0.2) is 0 Å². The van der Waals surface area contributed by atoms with Crippen LogP contribution in [0.2, 0.25) is 0 Å². The van der Waals surface area contributed by atoms with Crippen molar-refractivity contribution in [1.82, 2.24) is 4.98 Å². The smallest absolute Gasteiger partial charge is 0.320 e. The molecular weight excluding hydrogens is 305 g/mol. The number of carbonyl (C=O) groups is 1. The third-order valence-electron chi connectivity index (χ3n) is 2.37. The molecule has 4 nitrogen and oxygen atoms in total. The summed E-state index contributed by atoms with van der Waals surface area (Å²) in [5.41, 5.74) is -4.94. The normalized spacial score (nSPS) is 11.2. The number of benzene rings is 1. The molecule has 1 amide bonds. The quantitative estimate of drug-likeness (QED) is 0.855. The third-order valence-corrected chi connectivity index (χ3v) is 3.18. The number of alkyl halides is 3. The third kappa shape index (κ3) is 4.38. The van der Waals surface area contributed by atoms with Gasteiger partial charge in [-0.1, -0.05) is 18.2 Å². The summed E-state index contributed by atoms with van der Waals surface area (Å²) in [5, 5.41) is 2.35. The number of amides is 1. The van der Waals surface area contributed by atoms with Crippen molar-refractivity contribution in [2.75, 3.05) is 5.32 Å². The fourth-order valence-electron chi connectivity index (χ4n) is 1.55. The van der Waals surface area contributed by atoms with Crippen LogP contribution in [0, 0.1) is 0 Å². The van der Waals surface area contributed by atoms with E-state index in [2.05, 4.69) is 10.3 Å². The zero-order valence-electron chi connectivity index (χ0n) is 10.4. The summed E-state index contributed by atoms with van der Waals surface area (Å²) >= 11 is -0.319. The van der Waals surface area contributed by atoms with Gasteiger partial charge in [0.2, 0.25) is 5.56 Å². The Hall–Kier alpha value is -2.22. The van der Waals surface area contributed by atoms with Crippen LogP contribution in [0.4, 0.5) is 18.9 Å². The van der Waals surface area contributed by atoms with Crippen molar-refractivity contribution in [2.45, 2.75) is 10.4 Å². The number of hydrogen-bond donors (Lipinski definition) is 2. The Balaban J connectivity index is 2.23. The van der Waals surface area contributed by atoms with E-state index < -0.39 is 17.0 Å². The predicted octanol–water partition coefficient (Wildman–Crippen LogP) is 3.24. The first-order valence-corrected chi connectivity index (χ1v) is 6.52. The monoisotopic (exact) mass is 314 g/mol. The molecule has 0 unspecified atom stereocenters. The summed E-state index contributed by atoms with van der Waals surface area (Å²) < 4.78 is 37.3. The number of para-hydroxylation sites is 1. The van der Waals surface area contributed by atoms with Crippen molar-refractivity contribution in [1.29, 1.82) is 0 Å². The SMILES string of the molecule is O=C(Nc1ccccc1SC(F)(F)F)c1cccc(=O)[nH]1. The Labute approximate surface area is 121 Å². The van der Waals surface area contributed by atoms with Gasteiger partial charge in [0.05, 0.1) is 5.69 Å². The molecule has 1 heterocycles. The van der Waals surface area contributed by atoms with E-state index in [4.69, 9.17) is 0 Å². The van der Waals surface area contributed by atoms with E-state index in [9.17, 15) is 22.8 Å². The molecule has 8 heteroatoms. The van der Waals surface area contributed by atoms with Gasteiger partial charge in [-0.3, -0.25) is 9.59 Å². The maximum Gasteiger partial charge on any atom is 0.446 e. The lowest BCUT2D eigenvalue weighted by Crippen LogP contribution is -2.18. The number of anilines is 1. The lowest BCUT2D eigenvalue weighted by atomic mass is 10.3. The summed E-state index contributed by atoms with van der Waals surface area (Å²) in [4.78, 5) is 25.2. The number of aromatic amines is 1. The summed E-state index contributed by atoms with van der Waals surface area (Å²) in [7, 11) is 0. The van der Waals surface area contributed by atoms with Crippen molar-refractivity contribution in [2.24, 2.45) is 0 Å². The van der Waals surface area contributed by atoms with Crippen LogP contribution in [0.5, 0.6) is 0 Å². The Morgan fingerprint density at radius 1 is 1.10 bits per heavy atom. The number of halogens is 3. The number of nitrogens with one attached hydrogen (secondary N) is 2. The molecule has 0 aliphatic carbocycles. The minimum Gasteiger partial charge on any atom is -0.320 e. The average Bonchev–Trinajstić information content (AvgIpc) is 2.39. The number of hydrogen-bond acceptors (Lipinski definition) is 3. The number of rotatable bonds is 3. The zero-order valence-corrected chi connectivity index (χ0v) is 11.2. The highest BCUT2D eigenvalue weighted by atomic mass is 32.2. The van der Waals surface area contributed by atoms with Crippen LogP contribution >= 0.6 is 11.8 Å². The molecule has 0 aliphatic rings. The fourth-order valence-corrected chi connectivity index (χ4v) is 2.18. The molecule has 110 valence electrons. The van der Waals surface area contributed by atoms with Crippen molar-refractivity contribution in [3.63, 3.8) is 0 Å². The second kappa shape index (κ2) is 6.04. The first-order chi connectivity index (χ1) is 9.85. The zero-order chi connectivity index (χ0) is 15.5. The Morgan fingerprint density at radius 2 is 1.81 bits per heavy atom. The summed E-state index contributed by atoms with van der Waals surface area (Å²) in [6, 6.07) is 9.51. The maximum absolute atomic E-state index is 12.4. The van der Waals surface area contributed by atoms with Gasteiger partial charge in [-0.25, -0.2) is 0 Å². The van der Waals surface area contributed by atoms with Gasteiger partial charge >= 0.3 is 5.51 Å². The van der Waals surface area contributed by atoms with Crippen LogP contribution in [0.25, 0.3) is 0 Å². The molecule has 0 radical (unpaired) electrons. The molecule has 0 fully saturated rings. The molecule has 0 bridgehead atoms. The molecule has 21 heavy (non-hydrogen) atoms. The highest BCUT2D eigenvalue weighted by Crippen LogP contribution is 2.40. The van der Waals surface area contributed by atoms with Gasteiger partial charge in [0, 0.05) is 11.0 Å². The van der Waals surface area contributed by atoms with E-state index in [-0.39, 0.29) is 28.0 Å². The highest BCUT2D eigenvalue weighted by molar-refractivity contribution is 8.00. The molecule has 2 N–H and O–H groups in total. The number of carbonyl (C=O) groups excluding carboxylic acids is 1. The van der Waals surface area contributed by atoms with Crippen molar-refractivity contribution in [3.05, 3.63) is 58.5 Å². The van der Waals surface area contributed by atoms with E-state index in [1.54, 1.807) is 0 Å². The summed E-state index contributed by atoms with van der Waals surface area (Å²) in [5.74, 6) is -0.692. The van der Waals surface area contributed by atoms with Crippen molar-refractivity contribution >= 4 is 23.4 Å². The lowest BCUT2D eigenvalue weighted by molar-refractivity contribution is -0.0328. The van der Waals surface area contributed by atoms with Gasteiger partial charge in [-0.15, -0.1) is 0 Å². The van der Waals surface area contributed by atoms with E-state index in [1.165, 1.54) is 42.5 Å². The minimum atomic E-state index is -4.46. The molecule has 1 aromatic carbocycles. The molecule has 1 aromatic heterocycles. The van der Waals surface area contributed by atoms with Crippen LogP contribution < -0.4 is 10.9 Å². The summed E-state index contributed by atoms with van der Waals surface area (Å²) in [6.07, 6.45) is 0. The van der Waals surface area contributed by atoms with Gasteiger partial charge in [0.25, 0.3) is 5.91 Å². The number of H-pyrrole nitrogens is 1. The molecule has 0 aliphatic heterocycles. The van der Waals surface area contributed by atoms with Crippen LogP contribution in [0.15, 0.2) is 52.2 Å². The Morgan fingerprint density at radius 3 is 2.48 bits per heavy atom. The van der Waals surface area contributed by atoms with Crippen molar-refractivity contribution in [3.8, 4) is 0 Å². The van der Waals surface area contributed by atoms with Crippen LogP contribution in [0.3, 0.4) is 0 Å². The molecular formula is C13H9F3N2O2S. The van der Waals surface area contributed by atoms with E-state index in [0.29, 0.717) is 0 Å². The number of aromatic nitrogens is 1. The molecule has 2 aromatic rings.